The van der Waals surface area contributed by atoms with Crippen LogP contribution in [0.2, 0.25) is 0 Å². The minimum atomic E-state index is 0.621. The van der Waals surface area contributed by atoms with Gasteiger partial charge in [-0.15, -0.1) is 0 Å². The number of hydrogen-bond donors (Lipinski definition) is 2. The highest BCUT2D eigenvalue weighted by Crippen LogP contribution is 2.28. The maximum Gasteiger partial charge on any atom is 0.229 e. The highest BCUT2D eigenvalue weighted by atomic mass is 15.3. The van der Waals surface area contributed by atoms with Gasteiger partial charge in [-0.3, -0.25) is 0 Å². The van der Waals surface area contributed by atoms with Gasteiger partial charge in [0.2, 0.25) is 5.95 Å². The molecule has 0 unspecified atom stereocenters. The minimum absolute atomic E-state index is 0.621. The lowest BCUT2D eigenvalue weighted by Crippen LogP contribution is -2.20. The number of nitriles is 1. The van der Waals surface area contributed by atoms with Gasteiger partial charge in [-0.05, 0) is 44.0 Å². The van der Waals surface area contributed by atoms with Crippen LogP contribution in [0.3, 0.4) is 0 Å². The maximum atomic E-state index is 9.08. The molecule has 0 aliphatic carbocycles. The molecule has 6 nitrogen and oxygen atoms in total. The topological polar surface area (TPSA) is 80.6 Å². The average Bonchev–Trinajstić information content (AvgIpc) is 3.23. The fraction of sp³-hybridized carbons (Fsp3) is 0.278. The molecule has 1 saturated heterocycles. The summed E-state index contributed by atoms with van der Waals surface area (Å²) in [5.74, 6) is 1.52. The first-order chi connectivity index (χ1) is 11.7. The first-order valence-corrected chi connectivity index (χ1v) is 8.12. The van der Waals surface area contributed by atoms with Crippen molar-refractivity contribution >= 4 is 28.5 Å². The number of benzene rings is 1. The van der Waals surface area contributed by atoms with E-state index in [-0.39, 0.29) is 0 Å². The van der Waals surface area contributed by atoms with Crippen molar-refractivity contribution in [2.75, 3.05) is 23.3 Å². The van der Waals surface area contributed by atoms with E-state index in [0.29, 0.717) is 5.56 Å². The van der Waals surface area contributed by atoms with Crippen LogP contribution in [-0.4, -0.2) is 28.0 Å². The molecule has 0 radical (unpaired) electrons. The standard InChI is InChI=1S/C18H18N6/c1-12-9-15-16(20-12)22-18(24-7-2-3-8-24)23-17(15)21-14-6-4-5-13(10-14)11-19/h4-6,9-10H,2-3,7-8H2,1H3,(H2,20,21,22,23). The van der Waals surface area contributed by atoms with Gasteiger partial charge < -0.3 is 15.2 Å². The lowest BCUT2D eigenvalue weighted by atomic mass is 10.2. The van der Waals surface area contributed by atoms with Gasteiger partial charge in [0.1, 0.15) is 11.5 Å². The number of aromatic amines is 1. The van der Waals surface area contributed by atoms with Crippen LogP contribution in [0.1, 0.15) is 24.1 Å². The van der Waals surface area contributed by atoms with Crippen LogP contribution in [-0.2, 0) is 0 Å². The van der Waals surface area contributed by atoms with E-state index in [1.165, 1.54) is 12.8 Å². The SMILES string of the molecule is Cc1cc2c(Nc3cccc(C#N)c3)nc(N3CCCC3)nc2[nH]1. The van der Waals surface area contributed by atoms with Crippen molar-refractivity contribution in [1.82, 2.24) is 15.0 Å². The normalized spacial score (nSPS) is 14.1. The largest absolute Gasteiger partial charge is 0.343 e. The van der Waals surface area contributed by atoms with Gasteiger partial charge in [0.25, 0.3) is 0 Å². The summed E-state index contributed by atoms with van der Waals surface area (Å²) in [5, 5.41) is 13.4. The van der Waals surface area contributed by atoms with Crippen molar-refractivity contribution in [3.63, 3.8) is 0 Å². The van der Waals surface area contributed by atoms with Crippen LogP contribution in [0.5, 0.6) is 0 Å². The minimum Gasteiger partial charge on any atom is -0.343 e. The molecule has 120 valence electrons. The number of fused-ring (bicyclic) bond motifs is 1. The van der Waals surface area contributed by atoms with E-state index in [1.54, 1.807) is 6.07 Å². The highest BCUT2D eigenvalue weighted by Gasteiger charge is 2.18. The number of rotatable bonds is 3. The number of nitrogens with zero attached hydrogens (tertiary/aromatic N) is 4. The zero-order valence-electron chi connectivity index (χ0n) is 13.5. The molecule has 0 saturated carbocycles. The highest BCUT2D eigenvalue weighted by molar-refractivity contribution is 5.90. The third-order valence-electron chi connectivity index (χ3n) is 4.25. The molecule has 0 spiro atoms. The second kappa shape index (κ2) is 5.85. The van der Waals surface area contributed by atoms with Crippen molar-refractivity contribution in [2.24, 2.45) is 0 Å². The molecule has 1 aliphatic heterocycles. The fourth-order valence-corrected chi connectivity index (χ4v) is 3.09. The molecule has 0 amide bonds. The summed E-state index contributed by atoms with van der Waals surface area (Å²) >= 11 is 0. The van der Waals surface area contributed by atoms with Gasteiger partial charge in [0.15, 0.2) is 0 Å². The molecular weight excluding hydrogens is 300 g/mol. The molecule has 1 aromatic carbocycles. The van der Waals surface area contributed by atoms with Crippen LogP contribution in [0.25, 0.3) is 11.0 Å². The van der Waals surface area contributed by atoms with E-state index >= 15 is 0 Å². The fourth-order valence-electron chi connectivity index (χ4n) is 3.09. The van der Waals surface area contributed by atoms with E-state index in [0.717, 1.165) is 47.3 Å². The Morgan fingerprint density at radius 3 is 2.83 bits per heavy atom. The summed E-state index contributed by atoms with van der Waals surface area (Å²) in [6.07, 6.45) is 2.36. The second-order valence-electron chi connectivity index (χ2n) is 6.10. The average molecular weight is 318 g/mol. The maximum absolute atomic E-state index is 9.08. The van der Waals surface area contributed by atoms with Gasteiger partial charge in [0.05, 0.1) is 17.0 Å². The van der Waals surface area contributed by atoms with Crippen molar-refractivity contribution in [3.05, 3.63) is 41.6 Å². The molecule has 2 aromatic heterocycles. The molecule has 3 heterocycles. The Bertz CT molecular complexity index is 930. The Labute approximate surface area is 140 Å². The Balaban J connectivity index is 1.78. The molecule has 1 fully saturated rings. The number of hydrogen-bond acceptors (Lipinski definition) is 5. The molecule has 3 aromatic rings. The molecule has 0 atom stereocenters. The number of aryl methyl sites for hydroxylation is 1. The van der Waals surface area contributed by atoms with Crippen LogP contribution in [0.15, 0.2) is 30.3 Å². The number of anilines is 3. The predicted octanol–water partition coefficient (Wildman–Crippen LogP) is 3.48. The van der Waals surface area contributed by atoms with Crippen LogP contribution in [0, 0.1) is 18.3 Å². The zero-order chi connectivity index (χ0) is 16.5. The smallest absolute Gasteiger partial charge is 0.229 e. The third kappa shape index (κ3) is 2.65. The predicted molar refractivity (Wildman–Crippen MR) is 94.5 cm³/mol. The molecule has 2 N–H and O–H groups in total. The number of H-pyrrole nitrogens is 1. The van der Waals surface area contributed by atoms with Crippen LogP contribution >= 0.6 is 0 Å². The summed E-state index contributed by atoms with van der Waals surface area (Å²) in [5.41, 5.74) is 3.35. The third-order valence-corrected chi connectivity index (χ3v) is 4.25. The Hall–Kier alpha value is -3.07. The summed E-state index contributed by atoms with van der Waals surface area (Å²) in [6, 6.07) is 11.6. The van der Waals surface area contributed by atoms with E-state index < -0.39 is 0 Å². The number of aromatic nitrogens is 3. The van der Waals surface area contributed by atoms with Gasteiger partial charge in [0, 0.05) is 24.5 Å². The first kappa shape index (κ1) is 14.5. The molecule has 24 heavy (non-hydrogen) atoms. The van der Waals surface area contributed by atoms with E-state index in [1.807, 2.05) is 31.2 Å². The summed E-state index contributed by atoms with van der Waals surface area (Å²) in [4.78, 5) is 14.9. The van der Waals surface area contributed by atoms with Gasteiger partial charge in [-0.1, -0.05) is 6.07 Å². The van der Waals surface area contributed by atoms with Gasteiger partial charge >= 0.3 is 0 Å². The Kier molecular flexibility index (Phi) is 3.54. The lowest BCUT2D eigenvalue weighted by Gasteiger charge is -2.16. The van der Waals surface area contributed by atoms with Gasteiger partial charge in [-0.25, -0.2) is 0 Å². The van der Waals surface area contributed by atoms with E-state index in [9.17, 15) is 0 Å². The first-order valence-electron chi connectivity index (χ1n) is 8.12. The monoisotopic (exact) mass is 318 g/mol. The lowest BCUT2D eigenvalue weighted by molar-refractivity contribution is 0.907. The van der Waals surface area contributed by atoms with Crippen molar-refractivity contribution < 1.29 is 0 Å². The quantitative estimate of drug-likeness (QED) is 0.772. The Morgan fingerprint density at radius 2 is 2.04 bits per heavy atom. The zero-order valence-corrected chi connectivity index (χ0v) is 13.5. The molecule has 0 bridgehead atoms. The van der Waals surface area contributed by atoms with Crippen LogP contribution in [0.4, 0.5) is 17.5 Å². The van der Waals surface area contributed by atoms with E-state index in [4.69, 9.17) is 10.2 Å². The molecular formula is C18H18N6. The molecule has 1 aliphatic rings. The van der Waals surface area contributed by atoms with Crippen molar-refractivity contribution in [2.45, 2.75) is 19.8 Å². The summed E-state index contributed by atoms with van der Waals surface area (Å²) < 4.78 is 0. The van der Waals surface area contributed by atoms with Crippen LogP contribution < -0.4 is 10.2 Å². The molecule has 6 heteroatoms. The summed E-state index contributed by atoms with van der Waals surface area (Å²) in [6.45, 7) is 4.00. The Morgan fingerprint density at radius 1 is 1.21 bits per heavy atom. The van der Waals surface area contributed by atoms with E-state index in [2.05, 4.69) is 26.3 Å². The second-order valence-corrected chi connectivity index (χ2v) is 6.10. The van der Waals surface area contributed by atoms with Crippen molar-refractivity contribution in [3.8, 4) is 6.07 Å². The summed E-state index contributed by atoms with van der Waals surface area (Å²) in [7, 11) is 0. The molecule has 4 rings (SSSR count). The van der Waals surface area contributed by atoms with Gasteiger partial charge in [-0.2, -0.15) is 15.2 Å². The van der Waals surface area contributed by atoms with Crippen molar-refractivity contribution in [1.29, 1.82) is 5.26 Å². The number of nitrogens with one attached hydrogen (secondary N) is 2.